The summed E-state index contributed by atoms with van der Waals surface area (Å²) in [6.07, 6.45) is 9.72. The second-order valence-electron chi connectivity index (χ2n) is 5.88. The smallest absolute Gasteiger partial charge is 0.0729 e. The topological polar surface area (TPSA) is 30.5 Å². The molecule has 0 spiro atoms. The Bertz CT molecular complexity index is 207. The first kappa shape index (κ1) is 16.9. The van der Waals surface area contributed by atoms with Crippen molar-refractivity contribution in [2.24, 2.45) is 0 Å². The molecule has 2 unspecified atom stereocenters. The molecule has 114 valence electrons. The van der Waals surface area contributed by atoms with Crippen LogP contribution in [0.25, 0.3) is 0 Å². The predicted octanol–water partition coefficient (Wildman–Crippen LogP) is 3.52. The molecule has 0 aromatic carbocycles. The highest BCUT2D eigenvalue weighted by Crippen LogP contribution is 2.20. The summed E-state index contributed by atoms with van der Waals surface area (Å²) in [5.74, 6) is 0. The second kappa shape index (κ2) is 10.6. The molecule has 1 N–H and O–H groups in total. The lowest BCUT2D eigenvalue weighted by Crippen LogP contribution is -2.42. The molecule has 0 saturated heterocycles. The van der Waals surface area contributed by atoms with Crippen molar-refractivity contribution in [1.29, 1.82) is 0 Å². The van der Waals surface area contributed by atoms with Crippen molar-refractivity contribution in [3.8, 4) is 0 Å². The van der Waals surface area contributed by atoms with Gasteiger partial charge in [0.15, 0.2) is 0 Å². The molecular weight excluding hydrogens is 238 g/mol. The second-order valence-corrected chi connectivity index (χ2v) is 5.88. The van der Waals surface area contributed by atoms with Gasteiger partial charge in [0.1, 0.15) is 0 Å². The lowest BCUT2D eigenvalue weighted by molar-refractivity contribution is -0.0318. The van der Waals surface area contributed by atoms with Crippen LogP contribution in [-0.4, -0.2) is 38.0 Å². The molecule has 0 aromatic rings. The van der Waals surface area contributed by atoms with Crippen molar-refractivity contribution in [2.45, 2.75) is 84.0 Å². The zero-order valence-corrected chi connectivity index (χ0v) is 13.1. The zero-order chi connectivity index (χ0) is 13.9. The van der Waals surface area contributed by atoms with Crippen LogP contribution in [0.5, 0.6) is 0 Å². The lowest BCUT2D eigenvalue weighted by atomic mass is 9.94. The summed E-state index contributed by atoms with van der Waals surface area (Å²) in [5, 5.41) is 3.67. The van der Waals surface area contributed by atoms with Crippen molar-refractivity contribution < 1.29 is 9.47 Å². The van der Waals surface area contributed by atoms with Gasteiger partial charge in [-0.25, -0.2) is 0 Å². The predicted molar refractivity (Wildman–Crippen MR) is 80.6 cm³/mol. The van der Waals surface area contributed by atoms with Gasteiger partial charge in [0, 0.05) is 6.04 Å². The number of hydrogen-bond acceptors (Lipinski definition) is 3. The van der Waals surface area contributed by atoms with Crippen molar-refractivity contribution >= 4 is 0 Å². The standard InChI is InChI=1S/C16H33NO2/c1-4-11-17-15-9-7-5-6-8-10-16(15)19-13-12-18-14(2)3/h14-17H,4-13H2,1-3H3. The number of rotatable bonds is 8. The Morgan fingerprint density at radius 3 is 2.47 bits per heavy atom. The Morgan fingerprint density at radius 1 is 1.05 bits per heavy atom. The Kier molecular flexibility index (Phi) is 9.48. The largest absolute Gasteiger partial charge is 0.376 e. The van der Waals surface area contributed by atoms with Crippen LogP contribution in [-0.2, 0) is 9.47 Å². The molecule has 3 nitrogen and oxygen atoms in total. The van der Waals surface area contributed by atoms with Gasteiger partial charge < -0.3 is 14.8 Å². The van der Waals surface area contributed by atoms with E-state index in [-0.39, 0.29) is 0 Å². The van der Waals surface area contributed by atoms with Gasteiger partial charge in [-0.05, 0) is 39.7 Å². The highest BCUT2D eigenvalue weighted by atomic mass is 16.5. The van der Waals surface area contributed by atoms with E-state index in [4.69, 9.17) is 9.47 Å². The Morgan fingerprint density at radius 2 is 1.79 bits per heavy atom. The van der Waals surface area contributed by atoms with Crippen molar-refractivity contribution in [2.75, 3.05) is 19.8 Å². The molecule has 19 heavy (non-hydrogen) atoms. The minimum absolute atomic E-state index is 0.301. The number of nitrogens with one attached hydrogen (secondary N) is 1. The first-order valence-corrected chi connectivity index (χ1v) is 8.20. The van der Waals surface area contributed by atoms with Crippen LogP contribution in [0.15, 0.2) is 0 Å². The molecule has 1 rings (SSSR count). The first-order chi connectivity index (χ1) is 9.24. The highest BCUT2D eigenvalue weighted by Gasteiger charge is 2.22. The summed E-state index contributed by atoms with van der Waals surface area (Å²) in [4.78, 5) is 0. The van der Waals surface area contributed by atoms with Crippen LogP contribution in [0.1, 0.15) is 65.7 Å². The van der Waals surface area contributed by atoms with E-state index in [1.807, 2.05) is 0 Å². The third-order valence-corrected chi connectivity index (χ3v) is 3.73. The Balaban J connectivity index is 2.32. The first-order valence-electron chi connectivity index (χ1n) is 8.20. The molecule has 3 heteroatoms. The SMILES string of the molecule is CCCNC1CCCCCCC1OCCOC(C)C. The Hall–Kier alpha value is -0.120. The molecule has 1 aliphatic rings. The molecule has 1 saturated carbocycles. The minimum Gasteiger partial charge on any atom is -0.376 e. The third kappa shape index (κ3) is 7.91. The summed E-state index contributed by atoms with van der Waals surface area (Å²) in [5.41, 5.74) is 0. The van der Waals surface area contributed by atoms with Gasteiger partial charge in [0.2, 0.25) is 0 Å². The molecule has 1 fully saturated rings. The fourth-order valence-corrected chi connectivity index (χ4v) is 2.70. The molecule has 0 heterocycles. The average Bonchev–Trinajstić information content (AvgIpc) is 2.35. The maximum atomic E-state index is 6.09. The van der Waals surface area contributed by atoms with E-state index < -0.39 is 0 Å². The van der Waals surface area contributed by atoms with E-state index >= 15 is 0 Å². The third-order valence-electron chi connectivity index (χ3n) is 3.73. The Labute approximate surface area is 119 Å². The van der Waals surface area contributed by atoms with Crippen LogP contribution < -0.4 is 5.32 Å². The van der Waals surface area contributed by atoms with Crippen molar-refractivity contribution in [1.82, 2.24) is 5.32 Å². The summed E-state index contributed by atoms with van der Waals surface area (Å²) < 4.78 is 11.7. The molecule has 0 radical (unpaired) electrons. The van der Waals surface area contributed by atoms with Gasteiger partial charge in [-0.15, -0.1) is 0 Å². The molecule has 2 atom stereocenters. The van der Waals surface area contributed by atoms with Gasteiger partial charge in [0.25, 0.3) is 0 Å². The van der Waals surface area contributed by atoms with Crippen LogP contribution in [0, 0.1) is 0 Å². The van der Waals surface area contributed by atoms with E-state index in [9.17, 15) is 0 Å². The van der Waals surface area contributed by atoms with Crippen LogP contribution >= 0.6 is 0 Å². The van der Waals surface area contributed by atoms with E-state index in [2.05, 4.69) is 26.1 Å². The summed E-state index contributed by atoms with van der Waals surface area (Å²) in [6.45, 7) is 8.92. The average molecular weight is 271 g/mol. The normalized spacial score (nSPS) is 25.3. The van der Waals surface area contributed by atoms with E-state index in [1.165, 1.54) is 44.9 Å². The molecular formula is C16H33NO2. The van der Waals surface area contributed by atoms with Gasteiger partial charge in [-0.2, -0.15) is 0 Å². The summed E-state index contributed by atoms with van der Waals surface area (Å²) >= 11 is 0. The van der Waals surface area contributed by atoms with Crippen LogP contribution in [0.2, 0.25) is 0 Å². The molecule has 0 aromatic heterocycles. The molecule has 1 aliphatic carbocycles. The number of hydrogen-bond donors (Lipinski definition) is 1. The van der Waals surface area contributed by atoms with E-state index in [1.54, 1.807) is 0 Å². The number of ether oxygens (including phenoxy) is 2. The fourth-order valence-electron chi connectivity index (χ4n) is 2.70. The maximum Gasteiger partial charge on any atom is 0.0729 e. The lowest BCUT2D eigenvalue weighted by Gasteiger charge is -2.30. The van der Waals surface area contributed by atoms with Gasteiger partial charge >= 0.3 is 0 Å². The monoisotopic (exact) mass is 271 g/mol. The van der Waals surface area contributed by atoms with E-state index in [0.717, 1.165) is 13.2 Å². The van der Waals surface area contributed by atoms with E-state index in [0.29, 0.717) is 24.9 Å². The van der Waals surface area contributed by atoms with Gasteiger partial charge in [0.05, 0.1) is 25.4 Å². The quantitative estimate of drug-likeness (QED) is 0.685. The maximum absolute atomic E-state index is 6.09. The minimum atomic E-state index is 0.301. The molecule has 0 aliphatic heterocycles. The highest BCUT2D eigenvalue weighted by molar-refractivity contribution is 4.79. The molecule has 0 amide bonds. The van der Waals surface area contributed by atoms with Gasteiger partial charge in [-0.1, -0.05) is 32.6 Å². The van der Waals surface area contributed by atoms with Crippen LogP contribution in [0.3, 0.4) is 0 Å². The zero-order valence-electron chi connectivity index (χ0n) is 13.1. The van der Waals surface area contributed by atoms with Gasteiger partial charge in [-0.3, -0.25) is 0 Å². The van der Waals surface area contributed by atoms with Crippen molar-refractivity contribution in [3.63, 3.8) is 0 Å². The summed E-state index contributed by atoms with van der Waals surface area (Å²) in [7, 11) is 0. The molecule has 0 bridgehead atoms. The van der Waals surface area contributed by atoms with Crippen molar-refractivity contribution in [3.05, 3.63) is 0 Å². The summed E-state index contributed by atoms with van der Waals surface area (Å²) in [6, 6.07) is 0.541. The van der Waals surface area contributed by atoms with Crippen LogP contribution in [0.4, 0.5) is 0 Å². The fraction of sp³-hybridized carbons (Fsp3) is 1.00.